The number of nitrogens with zero attached hydrogens (tertiary/aromatic N) is 3. The van der Waals surface area contributed by atoms with Crippen LogP contribution < -0.4 is 5.73 Å². The summed E-state index contributed by atoms with van der Waals surface area (Å²) in [7, 11) is 0. The van der Waals surface area contributed by atoms with E-state index in [1.54, 1.807) is 0 Å². The summed E-state index contributed by atoms with van der Waals surface area (Å²) in [5, 5.41) is 1.21. The van der Waals surface area contributed by atoms with Crippen molar-refractivity contribution in [2.45, 2.75) is 51.6 Å². The van der Waals surface area contributed by atoms with Gasteiger partial charge in [0.2, 0.25) is 0 Å². The van der Waals surface area contributed by atoms with Crippen molar-refractivity contribution in [1.29, 1.82) is 0 Å². The van der Waals surface area contributed by atoms with Crippen LogP contribution in [-0.4, -0.2) is 59.2 Å². The average molecular weight is 473 g/mol. The van der Waals surface area contributed by atoms with Crippen LogP contribution >= 0.6 is 0 Å². The fourth-order valence-electron chi connectivity index (χ4n) is 6.19. The molecule has 0 spiro atoms. The minimum Gasteiger partial charge on any atom is -0.399 e. The number of hydrogen-bond acceptors (Lipinski definition) is 4. The molecule has 0 bridgehead atoms. The molecule has 2 saturated heterocycles. The number of hydrogen-bond donors (Lipinski definition) is 1. The van der Waals surface area contributed by atoms with E-state index in [2.05, 4.69) is 40.7 Å². The van der Waals surface area contributed by atoms with Crippen LogP contribution in [0, 0.1) is 5.92 Å². The molecule has 1 aromatic heterocycles. The van der Waals surface area contributed by atoms with Crippen LogP contribution in [0.2, 0.25) is 0 Å². The van der Waals surface area contributed by atoms with Gasteiger partial charge in [0, 0.05) is 79.9 Å². The van der Waals surface area contributed by atoms with Gasteiger partial charge in [0.1, 0.15) is 0 Å². The lowest BCUT2D eigenvalue weighted by molar-refractivity contribution is 0.0290. The van der Waals surface area contributed by atoms with Crippen LogP contribution in [0.1, 0.15) is 54.2 Å². The molecule has 2 fully saturated rings. The van der Waals surface area contributed by atoms with Gasteiger partial charge in [-0.25, -0.2) is 0 Å². The second-order valence-electron chi connectivity index (χ2n) is 10.6. The minimum absolute atomic E-state index is 0.171. The molecule has 6 rings (SSSR count). The minimum atomic E-state index is 0.171. The Bertz CT molecular complexity index is 1220. The third kappa shape index (κ3) is 4.23. The van der Waals surface area contributed by atoms with E-state index in [-0.39, 0.29) is 5.91 Å². The summed E-state index contributed by atoms with van der Waals surface area (Å²) in [5.74, 6) is 0.878. The molecule has 0 aliphatic carbocycles. The SMILES string of the molecule is CC1CCN(C(=O)c2ccc3c(c2)c2c(n3-c3ccc(N)cc3)CCN(C3CCOCC3)C2)CC1. The molecule has 6 heteroatoms. The van der Waals surface area contributed by atoms with Crippen LogP contribution in [0.5, 0.6) is 0 Å². The molecule has 3 aliphatic rings. The van der Waals surface area contributed by atoms with Crippen molar-refractivity contribution in [3.8, 4) is 5.69 Å². The van der Waals surface area contributed by atoms with Crippen LogP contribution in [0.15, 0.2) is 42.5 Å². The first-order valence-corrected chi connectivity index (χ1v) is 13.2. The zero-order valence-corrected chi connectivity index (χ0v) is 20.7. The number of anilines is 1. The van der Waals surface area contributed by atoms with Gasteiger partial charge in [-0.2, -0.15) is 0 Å². The summed E-state index contributed by atoms with van der Waals surface area (Å²) < 4.78 is 8.02. The lowest BCUT2D eigenvalue weighted by atomic mass is 9.97. The van der Waals surface area contributed by atoms with Crippen molar-refractivity contribution in [3.63, 3.8) is 0 Å². The molecule has 184 valence electrons. The Morgan fingerprint density at radius 3 is 2.46 bits per heavy atom. The molecule has 3 aliphatic heterocycles. The van der Waals surface area contributed by atoms with Gasteiger partial charge in [-0.3, -0.25) is 9.69 Å². The number of carbonyl (C=O) groups excluding carboxylic acids is 1. The van der Waals surface area contributed by atoms with Crippen LogP contribution in [0.25, 0.3) is 16.6 Å². The Kier molecular flexibility index (Phi) is 6.02. The smallest absolute Gasteiger partial charge is 0.253 e. The first-order valence-electron chi connectivity index (χ1n) is 13.2. The number of likely N-dealkylation sites (tertiary alicyclic amines) is 1. The first kappa shape index (κ1) is 22.6. The van der Waals surface area contributed by atoms with Gasteiger partial charge >= 0.3 is 0 Å². The van der Waals surface area contributed by atoms with Crippen molar-refractivity contribution in [1.82, 2.24) is 14.4 Å². The van der Waals surface area contributed by atoms with Gasteiger partial charge in [-0.15, -0.1) is 0 Å². The third-order valence-electron chi connectivity index (χ3n) is 8.35. The molecule has 0 radical (unpaired) electrons. The quantitative estimate of drug-likeness (QED) is 0.565. The lowest BCUT2D eigenvalue weighted by Crippen LogP contribution is -2.42. The highest BCUT2D eigenvalue weighted by Gasteiger charge is 2.30. The third-order valence-corrected chi connectivity index (χ3v) is 8.35. The largest absolute Gasteiger partial charge is 0.399 e. The van der Waals surface area contributed by atoms with E-state index < -0.39 is 0 Å². The highest BCUT2D eigenvalue weighted by Crippen LogP contribution is 2.36. The molecular weight excluding hydrogens is 436 g/mol. The van der Waals surface area contributed by atoms with Crippen molar-refractivity contribution >= 4 is 22.5 Å². The number of rotatable bonds is 3. The standard InChI is InChI=1S/C29H36N4O2/c1-20-8-13-31(14-9-20)29(34)21-2-7-27-25(18-21)26-19-32(23-11-16-35-17-12-23)15-10-28(26)33(27)24-5-3-22(30)4-6-24/h2-7,18,20,23H,8-17,19,30H2,1H3. The number of nitrogens with two attached hydrogens (primary N) is 1. The summed E-state index contributed by atoms with van der Waals surface area (Å²) in [6.07, 6.45) is 5.39. The topological polar surface area (TPSA) is 63.7 Å². The van der Waals surface area contributed by atoms with Crippen LogP contribution in [-0.2, 0) is 17.7 Å². The summed E-state index contributed by atoms with van der Waals surface area (Å²) in [5.41, 5.74) is 12.6. The van der Waals surface area contributed by atoms with Gasteiger partial charge in [-0.1, -0.05) is 6.92 Å². The number of piperidine rings is 1. The summed E-state index contributed by atoms with van der Waals surface area (Å²) in [4.78, 5) is 18.1. The van der Waals surface area contributed by atoms with Crippen molar-refractivity contribution in [2.24, 2.45) is 5.92 Å². The van der Waals surface area contributed by atoms with E-state index in [1.165, 1.54) is 22.2 Å². The summed E-state index contributed by atoms with van der Waals surface area (Å²) in [6, 6.07) is 15.1. The second kappa shape index (κ2) is 9.32. The molecule has 2 N–H and O–H groups in total. The van der Waals surface area contributed by atoms with E-state index in [1.807, 2.05) is 23.1 Å². The van der Waals surface area contributed by atoms with Crippen molar-refractivity contribution in [3.05, 3.63) is 59.3 Å². The van der Waals surface area contributed by atoms with E-state index in [9.17, 15) is 4.79 Å². The average Bonchev–Trinajstić information content (AvgIpc) is 3.23. The Balaban J connectivity index is 1.41. The van der Waals surface area contributed by atoms with Crippen molar-refractivity contribution < 1.29 is 9.53 Å². The zero-order valence-electron chi connectivity index (χ0n) is 20.7. The second-order valence-corrected chi connectivity index (χ2v) is 10.6. The van der Waals surface area contributed by atoms with E-state index in [0.717, 1.165) is 88.4 Å². The Labute approximate surface area is 207 Å². The molecule has 0 saturated carbocycles. The summed E-state index contributed by atoms with van der Waals surface area (Å²) >= 11 is 0. The fraction of sp³-hybridized carbons (Fsp3) is 0.483. The van der Waals surface area contributed by atoms with Crippen LogP contribution in [0.3, 0.4) is 0 Å². The number of nitrogen functional groups attached to an aromatic ring is 1. The highest BCUT2D eigenvalue weighted by molar-refractivity contribution is 6.00. The Morgan fingerprint density at radius 2 is 1.71 bits per heavy atom. The zero-order chi connectivity index (χ0) is 23.9. The van der Waals surface area contributed by atoms with E-state index >= 15 is 0 Å². The van der Waals surface area contributed by atoms with Gasteiger partial charge in [0.25, 0.3) is 5.91 Å². The molecule has 35 heavy (non-hydrogen) atoms. The van der Waals surface area contributed by atoms with Crippen LogP contribution in [0.4, 0.5) is 5.69 Å². The predicted molar refractivity (Wildman–Crippen MR) is 140 cm³/mol. The Morgan fingerprint density at radius 1 is 0.971 bits per heavy atom. The molecule has 2 aromatic carbocycles. The highest BCUT2D eigenvalue weighted by atomic mass is 16.5. The van der Waals surface area contributed by atoms with Crippen molar-refractivity contribution in [2.75, 3.05) is 38.6 Å². The Hall–Kier alpha value is -2.83. The maximum Gasteiger partial charge on any atom is 0.253 e. The van der Waals surface area contributed by atoms with E-state index in [4.69, 9.17) is 10.5 Å². The normalized spacial score (nSPS) is 20.3. The first-order chi connectivity index (χ1) is 17.1. The number of benzene rings is 2. The maximum absolute atomic E-state index is 13.4. The fourth-order valence-corrected chi connectivity index (χ4v) is 6.19. The maximum atomic E-state index is 13.4. The number of ether oxygens (including phenoxy) is 1. The molecule has 4 heterocycles. The molecular formula is C29H36N4O2. The van der Waals surface area contributed by atoms with Gasteiger partial charge in [0.05, 0.1) is 5.52 Å². The molecule has 3 aromatic rings. The van der Waals surface area contributed by atoms with E-state index in [0.29, 0.717) is 12.0 Å². The number of aromatic nitrogens is 1. The van der Waals surface area contributed by atoms with Gasteiger partial charge in [0.15, 0.2) is 0 Å². The lowest BCUT2D eigenvalue weighted by Gasteiger charge is -2.37. The number of amides is 1. The molecule has 0 unspecified atom stereocenters. The number of carbonyl (C=O) groups is 1. The molecule has 0 atom stereocenters. The molecule has 6 nitrogen and oxygen atoms in total. The predicted octanol–water partition coefficient (Wildman–Crippen LogP) is 4.62. The number of fused-ring (bicyclic) bond motifs is 3. The summed E-state index contributed by atoms with van der Waals surface area (Å²) in [6.45, 7) is 7.70. The monoisotopic (exact) mass is 472 g/mol. The van der Waals surface area contributed by atoms with Gasteiger partial charge < -0.3 is 19.9 Å². The van der Waals surface area contributed by atoms with Gasteiger partial charge in [-0.05, 0) is 79.6 Å². The molecule has 1 amide bonds.